The molecule has 0 radical (unpaired) electrons. The van der Waals surface area contributed by atoms with Gasteiger partial charge in [0.05, 0.1) is 0 Å². The maximum atomic E-state index is 12.0. The highest BCUT2D eigenvalue weighted by atomic mass is 127. The Hall–Kier alpha value is -1.56. The van der Waals surface area contributed by atoms with E-state index < -0.39 is 0 Å². The molecule has 1 unspecified atom stereocenters. The lowest BCUT2D eigenvalue weighted by atomic mass is 10.2. The van der Waals surface area contributed by atoms with Crippen molar-refractivity contribution in [3.8, 4) is 0 Å². The summed E-state index contributed by atoms with van der Waals surface area (Å²) in [6, 6.07) is 17.1. The first kappa shape index (κ1) is 13.9. The Morgan fingerprint density at radius 3 is 2.42 bits per heavy atom. The van der Waals surface area contributed by atoms with Crippen molar-refractivity contribution in [3.63, 3.8) is 0 Å². The second kappa shape index (κ2) is 6.56. The minimum atomic E-state index is -0.293. The summed E-state index contributed by atoms with van der Waals surface area (Å²) in [4.78, 5) is 12.0. The molecular weight excluding hydrogens is 351 g/mol. The molecule has 2 aromatic rings. The fourth-order valence-electron chi connectivity index (χ4n) is 1.67. The molecule has 98 valence electrons. The molecule has 2 aromatic carbocycles. The van der Waals surface area contributed by atoms with Crippen LogP contribution in [-0.2, 0) is 4.79 Å². The van der Waals surface area contributed by atoms with Crippen molar-refractivity contribution < 1.29 is 4.79 Å². The highest BCUT2D eigenvalue weighted by Gasteiger charge is 2.12. The fraction of sp³-hybridized carbons (Fsp3) is 0.133. The van der Waals surface area contributed by atoms with E-state index in [0.29, 0.717) is 0 Å². The quantitative estimate of drug-likeness (QED) is 0.810. The van der Waals surface area contributed by atoms with Crippen molar-refractivity contribution in [1.82, 2.24) is 0 Å². The molecule has 0 heterocycles. The molecule has 4 heteroatoms. The highest BCUT2D eigenvalue weighted by Crippen LogP contribution is 2.14. The second-order valence-corrected chi connectivity index (χ2v) is 5.48. The molecule has 0 saturated heterocycles. The lowest BCUT2D eigenvalue weighted by Crippen LogP contribution is -2.31. The van der Waals surface area contributed by atoms with Gasteiger partial charge in [0.15, 0.2) is 0 Å². The summed E-state index contributed by atoms with van der Waals surface area (Å²) in [5, 5.41) is 6.06. The summed E-state index contributed by atoms with van der Waals surface area (Å²) in [6.45, 7) is 1.85. The molecule has 2 rings (SSSR count). The number of rotatable bonds is 4. The number of halogens is 1. The molecule has 0 bridgehead atoms. The molecule has 19 heavy (non-hydrogen) atoms. The number of hydrogen-bond acceptors (Lipinski definition) is 2. The monoisotopic (exact) mass is 366 g/mol. The zero-order valence-electron chi connectivity index (χ0n) is 10.6. The number of amides is 1. The summed E-state index contributed by atoms with van der Waals surface area (Å²) in [5.74, 6) is -0.0509. The molecular formula is C15H15IN2O. The summed E-state index contributed by atoms with van der Waals surface area (Å²) in [5.41, 5.74) is 1.76. The van der Waals surface area contributed by atoms with Gasteiger partial charge in [0.2, 0.25) is 5.91 Å². The van der Waals surface area contributed by atoms with Gasteiger partial charge in [0.25, 0.3) is 0 Å². The van der Waals surface area contributed by atoms with E-state index in [1.54, 1.807) is 0 Å². The van der Waals surface area contributed by atoms with E-state index in [4.69, 9.17) is 0 Å². The van der Waals surface area contributed by atoms with Gasteiger partial charge in [-0.3, -0.25) is 4.79 Å². The van der Waals surface area contributed by atoms with Crippen molar-refractivity contribution in [2.75, 3.05) is 10.6 Å². The third kappa shape index (κ3) is 4.24. The van der Waals surface area contributed by atoms with Crippen LogP contribution in [0.1, 0.15) is 6.92 Å². The Kier molecular flexibility index (Phi) is 4.79. The third-order valence-electron chi connectivity index (χ3n) is 2.64. The van der Waals surface area contributed by atoms with Gasteiger partial charge in [-0.1, -0.05) is 24.3 Å². The molecule has 1 atom stereocenters. The Morgan fingerprint density at radius 2 is 1.74 bits per heavy atom. The van der Waals surface area contributed by atoms with Gasteiger partial charge in [-0.25, -0.2) is 0 Å². The van der Waals surface area contributed by atoms with Crippen LogP contribution in [0, 0.1) is 3.57 Å². The van der Waals surface area contributed by atoms with Crippen LogP contribution in [0.2, 0.25) is 0 Å². The van der Waals surface area contributed by atoms with E-state index in [9.17, 15) is 4.79 Å². The van der Waals surface area contributed by atoms with Gasteiger partial charge in [-0.05, 0) is 59.8 Å². The average molecular weight is 366 g/mol. The van der Waals surface area contributed by atoms with Crippen molar-refractivity contribution in [3.05, 3.63) is 58.2 Å². The summed E-state index contributed by atoms with van der Waals surface area (Å²) >= 11 is 2.25. The van der Waals surface area contributed by atoms with Gasteiger partial charge in [0.1, 0.15) is 6.04 Å². The van der Waals surface area contributed by atoms with Gasteiger partial charge >= 0.3 is 0 Å². The SMILES string of the molecule is CC(Nc1cccc(I)c1)C(=O)Nc1ccccc1. The first-order valence-corrected chi connectivity index (χ1v) is 7.11. The number of carbonyl (C=O) groups is 1. The molecule has 0 spiro atoms. The Balaban J connectivity index is 1.96. The first-order chi connectivity index (χ1) is 9.15. The van der Waals surface area contributed by atoms with E-state index >= 15 is 0 Å². The maximum absolute atomic E-state index is 12.0. The van der Waals surface area contributed by atoms with Crippen molar-refractivity contribution >= 4 is 39.9 Å². The topological polar surface area (TPSA) is 41.1 Å². The van der Waals surface area contributed by atoms with Crippen LogP contribution >= 0.6 is 22.6 Å². The summed E-state index contributed by atoms with van der Waals surface area (Å²) in [6.07, 6.45) is 0. The molecule has 0 aromatic heterocycles. The smallest absolute Gasteiger partial charge is 0.246 e. The van der Waals surface area contributed by atoms with Gasteiger partial charge in [-0.2, -0.15) is 0 Å². The molecule has 1 amide bonds. The van der Waals surface area contributed by atoms with Crippen LogP contribution in [0.4, 0.5) is 11.4 Å². The largest absolute Gasteiger partial charge is 0.374 e. The van der Waals surface area contributed by atoms with Gasteiger partial charge in [-0.15, -0.1) is 0 Å². The minimum Gasteiger partial charge on any atom is -0.374 e. The van der Waals surface area contributed by atoms with Crippen LogP contribution in [0.25, 0.3) is 0 Å². The van der Waals surface area contributed by atoms with E-state index in [1.165, 1.54) is 0 Å². The van der Waals surface area contributed by atoms with E-state index in [2.05, 4.69) is 33.2 Å². The Labute approximate surface area is 126 Å². The number of benzene rings is 2. The van der Waals surface area contributed by atoms with Crippen LogP contribution in [-0.4, -0.2) is 11.9 Å². The zero-order valence-corrected chi connectivity index (χ0v) is 12.7. The number of anilines is 2. The maximum Gasteiger partial charge on any atom is 0.246 e. The zero-order chi connectivity index (χ0) is 13.7. The van der Waals surface area contributed by atoms with Crippen LogP contribution in [0.15, 0.2) is 54.6 Å². The molecule has 0 saturated carbocycles. The van der Waals surface area contributed by atoms with Gasteiger partial charge < -0.3 is 10.6 Å². The number of nitrogens with one attached hydrogen (secondary N) is 2. The summed E-state index contributed by atoms with van der Waals surface area (Å²) < 4.78 is 1.14. The molecule has 0 aliphatic rings. The highest BCUT2D eigenvalue weighted by molar-refractivity contribution is 14.1. The molecule has 0 aliphatic heterocycles. The first-order valence-electron chi connectivity index (χ1n) is 6.03. The lowest BCUT2D eigenvalue weighted by Gasteiger charge is -2.15. The molecule has 0 fully saturated rings. The standard InChI is InChI=1S/C15H15IN2O/c1-11(17-14-9-5-6-12(16)10-14)15(19)18-13-7-3-2-4-8-13/h2-11,17H,1H3,(H,18,19). The van der Waals surface area contributed by atoms with Crippen molar-refractivity contribution in [2.45, 2.75) is 13.0 Å². The normalized spacial score (nSPS) is 11.7. The van der Waals surface area contributed by atoms with Crippen LogP contribution in [0.5, 0.6) is 0 Å². The Bertz CT molecular complexity index is 557. The van der Waals surface area contributed by atoms with Crippen molar-refractivity contribution in [2.24, 2.45) is 0 Å². The summed E-state index contributed by atoms with van der Waals surface area (Å²) in [7, 11) is 0. The molecule has 2 N–H and O–H groups in total. The lowest BCUT2D eigenvalue weighted by molar-refractivity contribution is -0.116. The number of hydrogen-bond donors (Lipinski definition) is 2. The minimum absolute atomic E-state index is 0.0509. The fourth-order valence-corrected chi connectivity index (χ4v) is 2.21. The van der Waals surface area contributed by atoms with E-state index in [0.717, 1.165) is 14.9 Å². The molecule has 3 nitrogen and oxygen atoms in total. The number of carbonyl (C=O) groups excluding carboxylic acids is 1. The van der Waals surface area contributed by atoms with Crippen LogP contribution < -0.4 is 10.6 Å². The predicted molar refractivity (Wildman–Crippen MR) is 87.3 cm³/mol. The average Bonchev–Trinajstić information content (AvgIpc) is 2.40. The predicted octanol–water partition coefficient (Wildman–Crippen LogP) is 3.73. The number of para-hydroxylation sites is 1. The van der Waals surface area contributed by atoms with Crippen LogP contribution in [0.3, 0.4) is 0 Å². The van der Waals surface area contributed by atoms with E-state index in [-0.39, 0.29) is 11.9 Å². The van der Waals surface area contributed by atoms with Crippen molar-refractivity contribution in [1.29, 1.82) is 0 Å². The Morgan fingerprint density at radius 1 is 1.05 bits per heavy atom. The van der Waals surface area contributed by atoms with E-state index in [1.807, 2.05) is 61.5 Å². The molecule has 0 aliphatic carbocycles. The second-order valence-electron chi connectivity index (χ2n) is 4.23. The third-order valence-corrected chi connectivity index (χ3v) is 3.31. The van der Waals surface area contributed by atoms with Gasteiger partial charge in [0, 0.05) is 14.9 Å².